The first-order valence-electron chi connectivity index (χ1n) is 8.18. The van der Waals surface area contributed by atoms with Crippen molar-refractivity contribution in [2.24, 2.45) is 5.73 Å². The molecule has 130 valence electrons. The zero-order valence-corrected chi connectivity index (χ0v) is 13.4. The average molecular weight is 336 g/mol. The van der Waals surface area contributed by atoms with E-state index in [0.717, 1.165) is 6.42 Å². The van der Waals surface area contributed by atoms with Gasteiger partial charge in [-0.3, -0.25) is 4.79 Å². The van der Waals surface area contributed by atoms with Crippen molar-refractivity contribution in [3.8, 4) is 5.88 Å². The number of aromatic nitrogens is 1. The van der Waals surface area contributed by atoms with Crippen molar-refractivity contribution < 1.29 is 18.7 Å². The maximum absolute atomic E-state index is 13.6. The molecule has 3 amide bonds. The lowest BCUT2D eigenvalue weighted by Crippen LogP contribution is -2.52. The Balaban J connectivity index is 1.54. The maximum atomic E-state index is 13.6. The number of piperidine rings is 1. The van der Waals surface area contributed by atoms with Gasteiger partial charge in [0, 0.05) is 38.7 Å². The fraction of sp³-hybridized carbons (Fsp3) is 0.562. The van der Waals surface area contributed by atoms with Crippen LogP contribution in [0.2, 0.25) is 0 Å². The molecule has 2 aliphatic heterocycles. The molecule has 0 spiro atoms. The number of halogens is 1. The Morgan fingerprint density at radius 1 is 1.25 bits per heavy atom. The van der Waals surface area contributed by atoms with E-state index in [0.29, 0.717) is 38.9 Å². The van der Waals surface area contributed by atoms with Crippen LogP contribution in [0.3, 0.4) is 0 Å². The number of carbonyl (C=O) groups excluding carboxylic acids is 2. The monoisotopic (exact) mass is 336 g/mol. The summed E-state index contributed by atoms with van der Waals surface area (Å²) in [5, 5.41) is 0. The zero-order chi connectivity index (χ0) is 17.1. The van der Waals surface area contributed by atoms with Gasteiger partial charge in [-0.15, -0.1) is 0 Å². The zero-order valence-electron chi connectivity index (χ0n) is 13.4. The molecule has 0 radical (unpaired) electrons. The first kappa shape index (κ1) is 16.5. The Hall–Kier alpha value is -2.38. The third-order valence-electron chi connectivity index (χ3n) is 4.58. The molecule has 0 saturated carbocycles. The van der Waals surface area contributed by atoms with Gasteiger partial charge < -0.3 is 20.3 Å². The van der Waals surface area contributed by atoms with Gasteiger partial charge in [-0.1, -0.05) is 0 Å². The minimum Gasteiger partial charge on any atom is -0.472 e. The molecular weight excluding hydrogens is 315 g/mol. The molecule has 0 bridgehead atoms. The van der Waals surface area contributed by atoms with Crippen molar-refractivity contribution in [3.05, 3.63) is 24.1 Å². The number of hydrogen-bond donors (Lipinski definition) is 1. The maximum Gasteiger partial charge on any atom is 0.315 e. The highest BCUT2D eigenvalue weighted by atomic mass is 19.1. The van der Waals surface area contributed by atoms with E-state index in [1.165, 1.54) is 23.2 Å². The second kappa shape index (κ2) is 7.02. The lowest BCUT2D eigenvalue weighted by molar-refractivity contribution is -0.137. The molecule has 0 aromatic carbocycles. The second-order valence-electron chi connectivity index (χ2n) is 6.12. The van der Waals surface area contributed by atoms with Gasteiger partial charge >= 0.3 is 6.03 Å². The van der Waals surface area contributed by atoms with Crippen LogP contribution >= 0.6 is 0 Å². The van der Waals surface area contributed by atoms with Crippen LogP contribution in [0.5, 0.6) is 5.88 Å². The highest BCUT2D eigenvalue weighted by molar-refractivity contribution is 5.87. The molecule has 0 unspecified atom stereocenters. The Bertz CT molecular complexity index is 619. The lowest BCUT2D eigenvalue weighted by atomic mass is 10.1. The summed E-state index contributed by atoms with van der Waals surface area (Å²) in [4.78, 5) is 31.1. The molecule has 2 N–H and O–H groups in total. The normalized spacial score (nSPS) is 21.8. The molecule has 0 aliphatic carbocycles. The first-order chi connectivity index (χ1) is 11.6. The molecule has 1 aromatic heterocycles. The molecule has 1 aromatic rings. The minimum absolute atomic E-state index is 0.00188. The van der Waals surface area contributed by atoms with Crippen molar-refractivity contribution >= 4 is 11.9 Å². The molecule has 8 heteroatoms. The van der Waals surface area contributed by atoms with Gasteiger partial charge in [-0.05, 0) is 25.0 Å². The molecule has 24 heavy (non-hydrogen) atoms. The van der Waals surface area contributed by atoms with Crippen LogP contribution < -0.4 is 10.5 Å². The standard InChI is InChI=1S/C16H21FN4O3/c17-12-3-1-7-19-14(12)24-11-5-9-20(10-6-11)15(22)13-4-2-8-21(13)16(18)23/h1,3,7,11,13H,2,4-6,8-10H2,(H2,18,23)/t13-/m0/s1. The van der Waals surface area contributed by atoms with Crippen LogP contribution in [-0.4, -0.2) is 58.5 Å². The van der Waals surface area contributed by atoms with Gasteiger partial charge in [0.25, 0.3) is 5.88 Å². The van der Waals surface area contributed by atoms with E-state index in [9.17, 15) is 14.0 Å². The molecule has 7 nitrogen and oxygen atoms in total. The Kier molecular flexibility index (Phi) is 4.82. The number of rotatable bonds is 3. The van der Waals surface area contributed by atoms with E-state index in [2.05, 4.69) is 4.98 Å². The number of pyridine rings is 1. The topological polar surface area (TPSA) is 88.8 Å². The predicted molar refractivity (Wildman–Crippen MR) is 83.7 cm³/mol. The summed E-state index contributed by atoms with van der Waals surface area (Å²) in [5.41, 5.74) is 5.33. The van der Waals surface area contributed by atoms with E-state index in [4.69, 9.17) is 10.5 Å². The van der Waals surface area contributed by atoms with Crippen molar-refractivity contribution in [3.63, 3.8) is 0 Å². The number of nitrogens with two attached hydrogens (primary N) is 1. The summed E-state index contributed by atoms with van der Waals surface area (Å²) in [6.45, 7) is 1.56. The largest absolute Gasteiger partial charge is 0.472 e. The summed E-state index contributed by atoms with van der Waals surface area (Å²) in [7, 11) is 0. The van der Waals surface area contributed by atoms with Crippen LogP contribution in [0.1, 0.15) is 25.7 Å². The summed E-state index contributed by atoms with van der Waals surface area (Å²) in [6.07, 6.45) is 3.95. The smallest absolute Gasteiger partial charge is 0.315 e. The van der Waals surface area contributed by atoms with Crippen molar-refractivity contribution in [2.45, 2.75) is 37.8 Å². The third kappa shape index (κ3) is 3.42. The average Bonchev–Trinajstić information content (AvgIpc) is 3.07. The number of amides is 3. The van der Waals surface area contributed by atoms with Gasteiger partial charge in [-0.25, -0.2) is 14.2 Å². The number of primary amides is 1. The second-order valence-corrected chi connectivity index (χ2v) is 6.12. The van der Waals surface area contributed by atoms with Crippen molar-refractivity contribution in [1.82, 2.24) is 14.8 Å². The molecular formula is C16H21FN4O3. The number of hydrogen-bond acceptors (Lipinski definition) is 4. The van der Waals surface area contributed by atoms with Crippen LogP contribution in [0.4, 0.5) is 9.18 Å². The number of likely N-dealkylation sites (tertiary alicyclic amines) is 2. The van der Waals surface area contributed by atoms with E-state index in [1.807, 2.05) is 0 Å². The van der Waals surface area contributed by atoms with Gasteiger partial charge in [-0.2, -0.15) is 0 Å². The van der Waals surface area contributed by atoms with Crippen molar-refractivity contribution in [2.75, 3.05) is 19.6 Å². The Morgan fingerprint density at radius 2 is 2.00 bits per heavy atom. The summed E-state index contributed by atoms with van der Waals surface area (Å²) < 4.78 is 19.2. The highest BCUT2D eigenvalue weighted by Crippen LogP contribution is 2.23. The molecule has 3 rings (SSSR count). The number of urea groups is 1. The SMILES string of the molecule is NC(=O)N1CCC[C@H]1C(=O)N1CCC(Oc2ncccc2F)CC1. The molecule has 2 saturated heterocycles. The quantitative estimate of drug-likeness (QED) is 0.896. The van der Waals surface area contributed by atoms with E-state index < -0.39 is 17.9 Å². The van der Waals surface area contributed by atoms with Gasteiger partial charge in [0.05, 0.1) is 0 Å². The summed E-state index contributed by atoms with van der Waals surface area (Å²) in [6, 6.07) is 1.82. The number of nitrogens with zero attached hydrogens (tertiary/aromatic N) is 3. The fourth-order valence-electron chi connectivity index (χ4n) is 3.31. The third-order valence-corrected chi connectivity index (χ3v) is 4.58. The Morgan fingerprint density at radius 3 is 2.67 bits per heavy atom. The summed E-state index contributed by atoms with van der Waals surface area (Å²) in [5.74, 6) is -0.550. The fourth-order valence-corrected chi connectivity index (χ4v) is 3.31. The van der Waals surface area contributed by atoms with Gasteiger partial charge in [0.1, 0.15) is 12.1 Å². The molecule has 2 fully saturated rings. The van der Waals surface area contributed by atoms with Gasteiger partial charge in [0.2, 0.25) is 5.91 Å². The minimum atomic E-state index is -0.547. The molecule has 3 heterocycles. The van der Waals surface area contributed by atoms with E-state index in [1.54, 1.807) is 4.90 Å². The van der Waals surface area contributed by atoms with Crippen LogP contribution in [0.15, 0.2) is 18.3 Å². The van der Waals surface area contributed by atoms with Gasteiger partial charge in [0.15, 0.2) is 5.82 Å². The molecule has 2 aliphatic rings. The predicted octanol–water partition coefficient (Wildman–Crippen LogP) is 1.13. The van der Waals surface area contributed by atoms with Crippen LogP contribution in [-0.2, 0) is 4.79 Å². The van der Waals surface area contributed by atoms with Crippen LogP contribution in [0.25, 0.3) is 0 Å². The van der Waals surface area contributed by atoms with Crippen LogP contribution in [0, 0.1) is 5.82 Å². The Labute approximate surface area is 139 Å². The first-order valence-corrected chi connectivity index (χ1v) is 8.18. The summed E-state index contributed by atoms with van der Waals surface area (Å²) >= 11 is 0. The lowest BCUT2D eigenvalue weighted by Gasteiger charge is -2.35. The van der Waals surface area contributed by atoms with E-state index >= 15 is 0 Å². The highest BCUT2D eigenvalue weighted by Gasteiger charge is 2.37. The number of ether oxygens (including phenoxy) is 1. The molecule has 1 atom stereocenters. The van der Waals surface area contributed by atoms with Crippen molar-refractivity contribution in [1.29, 1.82) is 0 Å². The van der Waals surface area contributed by atoms with E-state index in [-0.39, 0.29) is 17.9 Å². The number of carbonyl (C=O) groups is 2.